The highest BCUT2D eigenvalue weighted by atomic mass is 16.5. The number of nitrogens with one attached hydrogen (secondary N) is 1. The maximum Gasteiger partial charge on any atom is 0.333 e. The van der Waals surface area contributed by atoms with Gasteiger partial charge in [0, 0.05) is 12.3 Å². The molecule has 5 atom stereocenters. The molecular weight excluding hydrogens is 378 g/mol. The van der Waals surface area contributed by atoms with E-state index < -0.39 is 17.6 Å². The molecule has 0 heterocycles. The van der Waals surface area contributed by atoms with E-state index in [0.717, 1.165) is 19.3 Å². The number of rotatable bonds is 5. The van der Waals surface area contributed by atoms with Gasteiger partial charge in [0.15, 0.2) is 6.04 Å². The first-order valence-electron chi connectivity index (χ1n) is 11.2. The number of carbonyl (C=O) groups is 2. The maximum atomic E-state index is 13.2. The zero-order valence-corrected chi connectivity index (χ0v) is 19.0. The van der Waals surface area contributed by atoms with E-state index in [2.05, 4.69) is 26.1 Å². The average Bonchev–Trinajstić information content (AvgIpc) is 2.68. The minimum Gasteiger partial charge on any atom is -0.467 e. The van der Waals surface area contributed by atoms with E-state index in [0.29, 0.717) is 17.9 Å². The van der Waals surface area contributed by atoms with Gasteiger partial charge in [-0.15, -0.1) is 0 Å². The number of amides is 1. The normalized spacial score (nSPS) is 33.8. The first kappa shape index (κ1) is 22.8. The Kier molecular flexibility index (Phi) is 6.33. The molecule has 1 aromatic carbocycles. The second-order valence-corrected chi connectivity index (χ2v) is 10.5. The first-order chi connectivity index (χ1) is 14.0. The van der Waals surface area contributed by atoms with E-state index in [-0.39, 0.29) is 29.1 Å². The summed E-state index contributed by atoms with van der Waals surface area (Å²) in [5.41, 5.74) is -0.106. The number of fused-ring (bicyclic) bond motifs is 1. The van der Waals surface area contributed by atoms with Gasteiger partial charge in [-0.05, 0) is 54.9 Å². The Balaban J connectivity index is 1.83. The number of carbonyl (C=O) groups excluding carboxylic acids is 2. The van der Waals surface area contributed by atoms with Crippen LogP contribution in [0.4, 0.5) is 0 Å². The van der Waals surface area contributed by atoms with Crippen LogP contribution in [-0.2, 0) is 14.3 Å². The van der Waals surface area contributed by atoms with Gasteiger partial charge in [-0.25, -0.2) is 4.79 Å². The summed E-state index contributed by atoms with van der Waals surface area (Å²) >= 11 is 0. The summed E-state index contributed by atoms with van der Waals surface area (Å²) in [4.78, 5) is 25.5. The third-order valence-corrected chi connectivity index (χ3v) is 8.03. The van der Waals surface area contributed by atoms with Gasteiger partial charge >= 0.3 is 5.97 Å². The molecule has 0 spiro atoms. The van der Waals surface area contributed by atoms with Crippen LogP contribution >= 0.6 is 0 Å². The number of methoxy groups -OCH3 is 1. The summed E-state index contributed by atoms with van der Waals surface area (Å²) in [5, 5.41) is 14.2. The maximum absolute atomic E-state index is 13.2. The van der Waals surface area contributed by atoms with Crippen molar-refractivity contribution in [2.24, 2.45) is 22.7 Å². The molecular formula is C25H37NO4. The molecule has 0 unspecified atom stereocenters. The molecule has 5 heteroatoms. The third kappa shape index (κ3) is 4.27. The fraction of sp³-hybridized carbons (Fsp3) is 0.680. The van der Waals surface area contributed by atoms with Crippen LogP contribution in [0.2, 0.25) is 0 Å². The monoisotopic (exact) mass is 415 g/mol. The zero-order chi connectivity index (χ0) is 22.2. The van der Waals surface area contributed by atoms with Gasteiger partial charge in [-0.1, -0.05) is 57.5 Å². The molecule has 0 aliphatic heterocycles. The zero-order valence-electron chi connectivity index (χ0n) is 19.0. The quantitative estimate of drug-likeness (QED) is 0.699. The Morgan fingerprint density at radius 2 is 1.80 bits per heavy atom. The van der Waals surface area contributed by atoms with Crippen molar-refractivity contribution in [3.05, 3.63) is 35.9 Å². The number of benzene rings is 1. The lowest BCUT2D eigenvalue weighted by molar-refractivity contribution is -0.173. The topological polar surface area (TPSA) is 75.6 Å². The molecule has 0 bridgehead atoms. The van der Waals surface area contributed by atoms with Crippen molar-refractivity contribution in [3.63, 3.8) is 0 Å². The minimum atomic E-state index is -0.899. The van der Waals surface area contributed by atoms with Crippen LogP contribution in [0, 0.1) is 22.7 Å². The van der Waals surface area contributed by atoms with Crippen LogP contribution < -0.4 is 5.32 Å². The van der Waals surface area contributed by atoms with E-state index in [4.69, 9.17) is 4.74 Å². The Morgan fingerprint density at radius 1 is 1.13 bits per heavy atom. The van der Waals surface area contributed by atoms with Crippen molar-refractivity contribution >= 4 is 11.9 Å². The number of hydrogen-bond acceptors (Lipinski definition) is 4. The van der Waals surface area contributed by atoms with E-state index in [1.54, 1.807) is 12.1 Å². The number of ether oxygens (including phenoxy) is 1. The van der Waals surface area contributed by atoms with Crippen LogP contribution in [0.5, 0.6) is 0 Å². The molecule has 2 aliphatic rings. The molecule has 2 saturated carbocycles. The Bertz CT molecular complexity index is 773. The van der Waals surface area contributed by atoms with Gasteiger partial charge in [-0.3, -0.25) is 4.79 Å². The second kappa shape index (κ2) is 8.33. The highest BCUT2D eigenvalue weighted by Crippen LogP contribution is 2.62. The lowest BCUT2D eigenvalue weighted by Crippen LogP contribution is -2.58. The van der Waals surface area contributed by atoms with Crippen molar-refractivity contribution in [2.75, 3.05) is 7.11 Å². The van der Waals surface area contributed by atoms with Gasteiger partial charge in [0.25, 0.3) is 0 Å². The molecule has 2 fully saturated rings. The van der Waals surface area contributed by atoms with Gasteiger partial charge in [0.2, 0.25) is 5.91 Å². The first-order valence-corrected chi connectivity index (χ1v) is 11.2. The fourth-order valence-electron chi connectivity index (χ4n) is 6.52. The molecule has 0 saturated heterocycles. The number of esters is 1. The van der Waals surface area contributed by atoms with Crippen molar-refractivity contribution in [3.8, 4) is 0 Å². The smallest absolute Gasteiger partial charge is 0.333 e. The van der Waals surface area contributed by atoms with Crippen molar-refractivity contribution in [1.82, 2.24) is 5.32 Å². The Hall–Kier alpha value is -1.88. The van der Waals surface area contributed by atoms with Crippen LogP contribution in [-0.4, -0.2) is 29.7 Å². The van der Waals surface area contributed by atoms with Gasteiger partial charge < -0.3 is 15.2 Å². The molecule has 5 nitrogen and oxygen atoms in total. The molecule has 0 aromatic heterocycles. The van der Waals surface area contributed by atoms with Gasteiger partial charge in [0.1, 0.15) is 0 Å². The Morgan fingerprint density at radius 3 is 2.43 bits per heavy atom. The number of aliphatic hydroxyl groups is 1. The summed E-state index contributed by atoms with van der Waals surface area (Å²) in [6.07, 6.45) is 5.22. The van der Waals surface area contributed by atoms with E-state index >= 15 is 0 Å². The van der Waals surface area contributed by atoms with E-state index in [9.17, 15) is 14.7 Å². The van der Waals surface area contributed by atoms with E-state index in [1.807, 2.05) is 25.1 Å². The molecule has 30 heavy (non-hydrogen) atoms. The summed E-state index contributed by atoms with van der Waals surface area (Å²) in [7, 11) is 1.33. The van der Waals surface area contributed by atoms with Crippen LogP contribution in [0.3, 0.4) is 0 Å². The predicted molar refractivity (Wildman–Crippen MR) is 117 cm³/mol. The average molecular weight is 416 g/mol. The summed E-state index contributed by atoms with van der Waals surface area (Å²) in [6.45, 7) is 8.80. The van der Waals surface area contributed by atoms with Crippen molar-refractivity contribution in [2.45, 2.75) is 77.9 Å². The fourth-order valence-corrected chi connectivity index (χ4v) is 6.52. The molecule has 166 valence electrons. The summed E-state index contributed by atoms with van der Waals surface area (Å²) in [5.74, 6) is -0.391. The highest BCUT2D eigenvalue weighted by molar-refractivity contribution is 5.85. The number of hydrogen-bond donors (Lipinski definition) is 2. The Labute approximate surface area is 180 Å². The molecule has 2 N–H and O–H groups in total. The summed E-state index contributed by atoms with van der Waals surface area (Å²) < 4.78 is 4.93. The molecule has 0 radical (unpaired) electrons. The van der Waals surface area contributed by atoms with Crippen molar-refractivity contribution in [1.29, 1.82) is 0 Å². The SMILES string of the molecule is COC(=O)[C@H](NC(=O)C[C@@H]1[C@@]2(C)CCCC(C)(C)[C@@H]2CC[C@@]1(C)O)c1ccccc1. The standard InChI is InChI=1S/C25H37NO4/c1-23(2)13-9-14-24(3)18(23)12-15-25(4,29)19(24)16-20(27)26-21(22(28)30-5)17-10-7-6-8-11-17/h6-8,10-11,18-19,21,29H,9,12-16H2,1-5H3,(H,26,27)/t18-,19+,21+,24-,25+/m0/s1. The summed E-state index contributed by atoms with van der Waals surface area (Å²) in [6, 6.07) is 8.30. The van der Waals surface area contributed by atoms with Gasteiger partial charge in [-0.2, -0.15) is 0 Å². The molecule has 1 aromatic rings. The predicted octanol–water partition coefficient (Wildman–Crippen LogP) is 4.40. The third-order valence-electron chi connectivity index (χ3n) is 8.03. The molecule has 1 amide bonds. The van der Waals surface area contributed by atoms with Crippen LogP contribution in [0.1, 0.15) is 77.8 Å². The lowest BCUT2D eigenvalue weighted by Gasteiger charge is -2.61. The highest BCUT2D eigenvalue weighted by Gasteiger charge is 2.58. The minimum absolute atomic E-state index is 0.103. The van der Waals surface area contributed by atoms with Crippen molar-refractivity contribution < 1.29 is 19.4 Å². The largest absolute Gasteiger partial charge is 0.467 e. The van der Waals surface area contributed by atoms with E-state index in [1.165, 1.54) is 13.5 Å². The lowest BCUT2D eigenvalue weighted by atomic mass is 9.45. The van der Waals surface area contributed by atoms with Crippen LogP contribution in [0.25, 0.3) is 0 Å². The molecule has 3 rings (SSSR count). The van der Waals surface area contributed by atoms with Crippen LogP contribution in [0.15, 0.2) is 30.3 Å². The molecule has 2 aliphatic carbocycles. The second-order valence-electron chi connectivity index (χ2n) is 10.5. The van der Waals surface area contributed by atoms with Gasteiger partial charge in [0.05, 0.1) is 12.7 Å².